The monoisotopic (exact) mass is 340 g/mol. The van der Waals surface area contributed by atoms with E-state index in [1.807, 2.05) is 0 Å². The van der Waals surface area contributed by atoms with Gasteiger partial charge in [-0.2, -0.15) is 0 Å². The van der Waals surface area contributed by atoms with Crippen LogP contribution in [0.3, 0.4) is 0 Å². The van der Waals surface area contributed by atoms with Crippen LogP contribution in [0, 0.1) is 26.0 Å². The van der Waals surface area contributed by atoms with Gasteiger partial charge in [-0.25, -0.2) is 9.18 Å². The lowest BCUT2D eigenvalue weighted by Gasteiger charge is -2.06. The lowest BCUT2D eigenvalue weighted by molar-refractivity contribution is -0.385. The Kier molecular flexibility index (Phi) is 4.51. The van der Waals surface area contributed by atoms with E-state index in [2.05, 4.69) is 0 Å². The number of carbonyl (C=O) groups is 1. The van der Waals surface area contributed by atoms with Gasteiger partial charge in [-0.3, -0.25) is 20.2 Å². The second kappa shape index (κ2) is 6.36. The Balaban J connectivity index is 2.40. The molecule has 118 valence electrons. The number of ether oxygens (including phenoxy) is 1. The number of halogens is 2. The summed E-state index contributed by atoms with van der Waals surface area (Å²) < 4.78 is 17.9. The molecule has 2 aromatic rings. The molecule has 0 amide bonds. The van der Waals surface area contributed by atoms with Gasteiger partial charge in [0, 0.05) is 24.3 Å². The summed E-state index contributed by atoms with van der Waals surface area (Å²) in [6.07, 6.45) is 0. The fourth-order valence-corrected chi connectivity index (χ4v) is 1.85. The number of carbonyl (C=O) groups excluding carboxylic acids is 1. The third-order valence-corrected chi connectivity index (χ3v) is 3.03. The smallest absolute Gasteiger partial charge is 0.345 e. The summed E-state index contributed by atoms with van der Waals surface area (Å²) in [5.74, 6) is -2.68. The molecule has 10 heteroatoms. The van der Waals surface area contributed by atoms with Crippen molar-refractivity contribution in [3.63, 3.8) is 0 Å². The van der Waals surface area contributed by atoms with E-state index in [0.717, 1.165) is 30.3 Å². The number of nitro groups is 2. The second-order valence-electron chi connectivity index (χ2n) is 4.18. The van der Waals surface area contributed by atoms with E-state index in [1.165, 1.54) is 0 Å². The predicted molar refractivity (Wildman–Crippen MR) is 76.1 cm³/mol. The molecular weight excluding hydrogens is 335 g/mol. The lowest BCUT2D eigenvalue weighted by atomic mass is 10.2. The summed E-state index contributed by atoms with van der Waals surface area (Å²) in [5.41, 5.74) is -1.43. The predicted octanol–water partition coefficient (Wildman–Crippen LogP) is 3.51. The molecule has 0 saturated carbocycles. The Hall–Kier alpha value is -3.07. The van der Waals surface area contributed by atoms with Gasteiger partial charge >= 0.3 is 11.7 Å². The van der Waals surface area contributed by atoms with Crippen LogP contribution in [0.5, 0.6) is 5.75 Å². The molecule has 0 aliphatic carbocycles. The van der Waals surface area contributed by atoms with Crippen LogP contribution in [0.4, 0.5) is 15.8 Å². The number of benzene rings is 2. The second-order valence-corrected chi connectivity index (χ2v) is 4.59. The number of hydrogen-bond acceptors (Lipinski definition) is 6. The van der Waals surface area contributed by atoms with Crippen LogP contribution in [0.15, 0.2) is 36.4 Å². The van der Waals surface area contributed by atoms with Gasteiger partial charge in [0.15, 0.2) is 0 Å². The maximum atomic E-state index is 13.2. The highest BCUT2D eigenvalue weighted by Crippen LogP contribution is 2.30. The molecular formula is C13H6ClFN2O6. The zero-order valence-corrected chi connectivity index (χ0v) is 11.8. The van der Waals surface area contributed by atoms with E-state index in [9.17, 15) is 29.4 Å². The number of nitro benzene ring substituents is 2. The van der Waals surface area contributed by atoms with E-state index in [1.54, 1.807) is 0 Å². The summed E-state index contributed by atoms with van der Waals surface area (Å²) in [7, 11) is 0. The minimum Gasteiger partial charge on any atom is -0.415 e. The molecule has 0 N–H and O–H groups in total. The van der Waals surface area contributed by atoms with Gasteiger partial charge in [-0.05, 0) is 12.1 Å². The highest BCUT2D eigenvalue weighted by atomic mass is 35.5. The molecule has 0 heterocycles. The number of nitrogens with zero attached hydrogens (tertiary/aromatic N) is 2. The Labute approximate surface area is 132 Å². The van der Waals surface area contributed by atoms with Gasteiger partial charge in [-0.1, -0.05) is 11.6 Å². The van der Waals surface area contributed by atoms with Gasteiger partial charge in [0.25, 0.3) is 5.69 Å². The molecule has 23 heavy (non-hydrogen) atoms. The van der Waals surface area contributed by atoms with Crippen LogP contribution in [0.25, 0.3) is 0 Å². The summed E-state index contributed by atoms with van der Waals surface area (Å²) >= 11 is 5.76. The van der Waals surface area contributed by atoms with Gasteiger partial charge in [0.1, 0.15) is 5.82 Å². The average molecular weight is 341 g/mol. The van der Waals surface area contributed by atoms with Crippen molar-refractivity contribution in [1.82, 2.24) is 0 Å². The maximum absolute atomic E-state index is 13.2. The maximum Gasteiger partial charge on any atom is 0.345 e. The summed E-state index contributed by atoms with van der Waals surface area (Å²) in [6.45, 7) is 0. The first kappa shape index (κ1) is 16.3. The average Bonchev–Trinajstić information content (AvgIpc) is 2.46. The minimum atomic E-state index is -1.19. The van der Waals surface area contributed by atoms with Gasteiger partial charge < -0.3 is 4.74 Å². The molecule has 0 aromatic heterocycles. The van der Waals surface area contributed by atoms with Crippen molar-refractivity contribution in [3.8, 4) is 5.75 Å². The van der Waals surface area contributed by atoms with Crippen molar-refractivity contribution in [2.75, 3.05) is 0 Å². The molecule has 0 saturated heterocycles. The number of non-ortho nitro benzene ring substituents is 1. The molecule has 0 aliphatic rings. The van der Waals surface area contributed by atoms with Gasteiger partial charge in [-0.15, -0.1) is 0 Å². The normalized spacial score (nSPS) is 10.2. The molecule has 0 bridgehead atoms. The highest BCUT2D eigenvalue weighted by Gasteiger charge is 2.22. The Morgan fingerprint density at radius 3 is 2.39 bits per heavy atom. The quantitative estimate of drug-likeness (QED) is 0.364. The first-order valence-corrected chi connectivity index (χ1v) is 6.27. The van der Waals surface area contributed by atoms with Crippen molar-refractivity contribution in [3.05, 3.63) is 73.0 Å². The van der Waals surface area contributed by atoms with Crippen LogP contribution in [-0.2, 0) is 0 Å². The first-order chi connectivity index (χ1) is 10.8. The first-order valence-electron chi connectivity index (χ1n) is 5.89. The summed E-state index contributed by atoms with van der Waals surface area (Å²) in [4.78, 5) is 31.9. The SMILES string of the molecule is O=C(Oc1cc(F)ccc1[N+](=O)[O-])c1cc([N+](=O)[O-])ccc1Cl. The Morgan fingerprint density at radius 1 is 1.09 bits per heavy atom. The fraction of sp³-hybridized carbons (Fsp3) is 0. The fourth-order valence-electron chi connectivity index (χ4n) is 1.66. The van der Waals surface area contributed by atoms with Crippen molar-refractivity contribution in [2.24, 2.45) is 0 Å². The van der Waals surface area contributed by atoms with E-state index in [4.69, 9.17) is 16.3 Å². The third-order valence-electron chi connectivity index (χ3n) is 2.70. The molecule has 0 fully saturated rings. The number of rotatable bonds is 4. The Morgan fingerprint density at radius 2 is 1.78 bits per heavy atom. The Bertz CT molecular complexity index is 826. The largest absolute Gasteiger partial charge is 0.415 e. The van der Waals surface area contributed by atoms with Gasteiger partial charge in [0.05, 0.1) is 20.4 Å². The zero-order chi connectivity index (χ0) is 17.1. The van der Waals surface area contributed by atoms with Crippen molar-refractivity contribution in [1.29, 1.82) is 0 Å². The highest BCUT2D eigenvalue weighted by molar-refractivity contribution is 6.33. The van der Waals surface area contributed by atoms with Crippen LogP contribution < -0.4 is 4.74 Å². The molecule has 2 aromatic carbocycles. The van der Waals surface area contributed by atoms with Crippen LogP contribution in [0.1, 0.15) is 10.4 Å². The standard InChI is InChI=1S/C13H6ClFN2O6/c14-10-3-2-8(16(19)20)6-9(10)13(18)23-12-5-7(15)1-4-11(12)17(21)22/h1-6H. The van der Waals surface area contributed by atoms with Gasteiger partial charge in [0.2, 0.25) is 5.75 Å². The van der Waals surface area contributed by atoms with Crippen molar-refractivity contribution < 1.29 is 23.8 Å². The van der Waals surface area contributed by atoms with Crippen LogP contribution >= 0.6 is 11.6 Å². The van der Waals surface area contributed by atoms with E-state index < -0.39 is 38.8 Å². The minimum absolute atomic E-state index is 0.153. The number of esters is 1. The summed E-state index contributed by atoms with van der Waals surface area (Å²) in [6, 6.07) is 5.35. The summed E-state index contributed by atoms with van der Waals surface area (Å²) in [5, 5.41) is 21.4. The topological polar surface area (TPSA) is 113 Å². The molecule has 2 rings (SSSR count). The van der Waals surface area contributed by atoms with E-state index in [-0.39, 0.29) is 10.6 Å². The molecule has 0 aliphatic heterocycles. The van der Waals surface area contributed by atoms with Crippen LogP contribution in [0.2, 0.25) is 5.02 Å². The molecule has 0 spiro atoms. The van der Waals surface area contributed by atoms with Crippen molar-refractivity contribution in [2.45, 2.75) is 0 Å². The van der Waals surface area contributed by atoms with E-state index in [0.29, 0.717) is 6.07 Å². The molecule has 0 unspecified atom stereocenters. The molecule has 0 radical (unpaired) electrons. The third kappa shape index (κ3) is 3.58. The molecule has 8 nitrogen and oxygen atoms in total. The zero-order valence-electron chi connectivity index (χ0n) is 11.1. The van der Waals surface area contributed by atoms with Crippen molar-refractivity contribution >= 4 is 28.9 Å². The number of hydrogen-bond donors (Lipinski definition) is 0. The molecule has 0 atom stereocenters. The van der Waals surface area contributed by atoms with E-state index >= 15 is 0 Å². The van der Waals surface area contributed by atoms with Crippen LogP contribution in [-0.4, -0.2) is 15.8 Å². The lowest BCUT2D eigenvalue weighted by Crippen LogP contribution is -2.11.